The summed E-state index contributed by atoms with van der Waals surface area (Å²) < 4.78 is 70.0. The normalized spacial score (nSPS) is 13.1. The van der Waals surface area contributed by atoms with Crippen LogP contribution in [0.4, 0.5) is 17.1 Å². The third kappa shape index (κ3) is 3.47. The fourth-order valence-corrected chi connectivity index (χ4v) is 1.56. The van der Waals surface area contributed by atoms with Crippen LogP contribution in [0.15, 0.2) is 6.07 Å². The average molecular weight is 260 g/mol. The molecule has 1 rings (SSSR count). The van der Waals surface area contributed by atoms with E-state index in [2.05, 4.69) is 5.10 Å². The number of aryl methyl sites for hydroxylation is 2. The van der Waals surface area contributed by atoms with E-state index in [1.807, 2.05) is 0 Å². The van der Waals surface area contributed by atoms with Crippen molar-refractivity contribution < 1.29 is 25.5 Å². The van der Waals surface area contributed by atoms with Gasteiger partial charge in [0.2, 0.25) is 0 Å². The Kier molecular flexibility index (Phi) is 3.27. The molecule has 0 aliphatic carbocycles. The number of nitrogens with zero attached hydrogens (tertiary/aromatic N) is 2. The lowest BCUT2D eigenvalue weighted by Gasteiger charge is -1.99. The Morgan fingerprint density at radius 2 is 2.00 bits per heavy atom. The van der Waals surface area contributed by atoms with Gasteiger partial charge in [-0.15, -0.1) is 3.89 Å². The second-order valence-electron chi connectivity index (χ2n) is 3.14. The highest BCUT2D eigenvalue weighted by molar-refractivity contribution is 7.86. The summed E-state index contributed by atoms with van der Waals surface area (Å²) in [6, 6.07) is 0.700. The Balaban J connectivity index is 2.87. The fraction of sp³-hybridized carbons (Fsp3) is 0.571. The molecule has 0 saturated carbocycles. The summed E-state index contributed by atoms with van der Waals surface area (Å²) in [5.41, 5.74) is -1.12. The molecule has 9 heteroatoms. The van der Waals surface area contributed by atoms with Crippen LogP contribution in [0.1, 0.15) is 11.4 Å². The standard InChI is InChI=1S/C7H8F4N2O2S/c1-13-5(2-3-16(11,14)15)4-6(12-13)7(8,9)10/h4H,2-3H2,1H3. The molecule has 0 radical (unpaired) electrons. The maximum Gasteiger partial charge on any atom is 0.435 e. The van der Waals surface area contributed by atoms with E-state index in [1.165, 1.54) is 7.05 Å². The average Bonchev–Trinajstić information content (AvgIpc) is 2.41. The van der Waals surface area contributed by atoms with Crippen LogP contribution < -0.4 is 0 Å². The molecule has 4 nitrogen and oxygen atoms in total. The molecule has 1 aromatic rings. The van der Waals surface area contributed by atoms with Crippen LogP contribution in [-0.2, 0) is 29.9 Å². The lowest BCUT2D eigenvalue weighted by atomic mass is 10.3. The summed E-state index contributed by atoms with van der Waals surface area (Å²) in [6.45, 7) is 0. The molecule has 16 heavy (non-hydrogen) atoms. The van der Waals surface area contributed by atoms with Gasteiger partial charge in [0.25, 0.3) is 0 Å². The van der Waals surface area contributed by atoms with Gasteiger partial charge < -0.3 is 0 Å². The monoisotopic (exact) mass is 260 g/mol. The second-order valence-corrected chi connectivity index (χ2v) is 4.62. The number of alkyl halides is 3. The van der Waals surface area contributed by atoms with Crippen LogP contribution in [0.5, 0.6) is 0 Å². The number of halogens is 4. The fourth-order valence-electron chi connectivity index (χ4n) is 1.10. The van der Waals surface area contributed by atoms with Crippen molar-refractivity contribution in [3.63, 3.8) is 0 Å². The molecule has 1 aromatic heterocycles. The third-order valence-corrected chi connectivity index (χ3v) is 2.56. The minimum Gasteiger partial charge on any atom is -0.272 e. The van der Waals surface area contributed by atoms with E-state index in [4.69, 9.17) is 0 Å². The minimum absolute atomic E-state index is 0.00792. The van der Waals surface area contributed by atoms with Gasteiger partial charge in [-0.05, 0) is 6.07 Å². The highest BCUT2D eigenvalue weighted by Crippen LogP contribution is 2.28. The Bertz CT molecular complexity index is 477. The highest BCUT2D eigenvalue weighted by Gasteiger charge is 2.34. The smallest absolute Gasteiger partial charge is 0.272 e. The van der Waals surface area contributed by atoms with Gasteiger partial charge in [0, 0.05) is 19.2 Å². The predicted octanol–water partition coefficient (Wildman–Crippen LogP) is 1.28. The summed E-state index contributed by atoms with van der Waals surface area (Å²) in [5, 5.41) is 3.16. The van der Waals surface area contributed by atoms with Crippen LogP contribution in [0.3, 0.4) is 0 Å². The van der Waals surface area contributed by atoms with E-state index in [1.54, 1.807) is 0 Å². The van der Waals surface area contributed by atoms with E-state index in [0.717, 1.165) is 4.68 Å². The van der Waals surface area contributed by atoms with Gasteiger partial charge in [-0.2, -0.15) is 26.7 Å². The maximum absolute atomic E-state index is 12.2. The largest absolute Gasteiger partial charge is 0.435 e. The molecular weight excluding hydrogens is 252 g/mol. The lowest BCUT2D eigenvalue weighted by molar-refractivity contribution is -0.141. The molecule has 92 valence electrons. The first-order chi connectivity index (χ1) is 7.09. The number of hydrogen-bond donors (Lipinski definition) is 0. The van der Waals surface area contributed by atoms with Crippen molar-refractivity contribution in [2.75, 3.05) is 5.75 Å². The zero-order chi connectivity index (χ0) is 12.6. The molecule has 0 aliphatic heterocycles. The number of aromatic nitrogens is 2. The van der Waals surface area contributed by atoms with Gasteiger partial charge in [0.1, 0.15) is 0 Å². The zero-order valence-corrected chi connectivity index (χ0v) is 8.94. The molecule has 0 atom stereocenters. The SMILES string of the molecule is Cn1nc(C(F)(F)F)cc1CCS(=O)(=O)F. The van der Waals surface area contributed by atoms with Crippen molar-refractivity contribution in [2.45, 2.75) is 12.6 Å². The first-order valence-corrected chi connectivity index (χ1v) is 5.67. The van der Waals surface area contributed by atoms with Crippen molar-refractivity contribution in [1.82, 2.24) is 9.78 Å². The molecule has 1 heterocycles. The Hall–Kier alpha value is -1.12. The zero-order valence-electron chi connectivity index (χ0n) is 8.12. The van der Waals surface area contributed by atoms with Crippen LogP contribution in [0, 0.1) is 0 Å². The van der Waals surface area contributed by atoms with Crippen LogP contribution in [0.25, 0.3) is 0 Å². The molecule has 0 amide bonds. The van der Waals surface area contributed by atoms with E-state index < -0.39 is 27.8 Å². The van der Waals surface area contributed by atoms with E-state index in [0.29, 0.717) is 6.07 Å². The minimum atomic E-state index is -4.69. The lowest BCUT2D eigenvalue weighted by Crippen LogP contribution is -2.07. The van der Waals surface area contributed by atoms with Crippen LogP contribution >= 0.6 is 0 Å². The van der Waals surface area contributed by atoms with Crippen LogP contribution in [-0.4, -0.2) is 24.0 Å². The molecule has 0 aliphatic rings. The van der Waals surface area contributed by atoms with Gasteiger partial charge in [0.15, 0.2) is 5.69 Å². The quantitative estimate of drug-likeness (QED) is 0.607. The summed E-state index contributed by atoms with van der Waals surface area (Å²) in [5.74, 6) is -0.857. The predicted molar refractivity (Wildman–Crippen MR) is 46.8 cm³/mol. The van der Waals surface area contributed by atoms with Crippen molar-refractivity contribution in [1.29, 1.82) is 0 Å². The molecule has 0 fully saturated rings. The molecular formula is C7H8F4N2O2S. The summed E-state index contributed by atoms with van der Waals surface area (Å²) in [7, 11) is -3.46. The Morgan fingerprint density at radius 3 is 2.38 bits per heavy atom. The molecule has 0 aromatic carbocycles. The first kappa shape index (κ1) is 12.9. The van der Waals surface area contributed by atoms with Crippen LogP contribution in [0.2, 0.25) is 0 Å². The van der Waals surface area contributed by atoms with Crippen molar-refractivity contribution in [3.8, 4) is 0 Å². The summed E-state index contributed by atoms with van der Waals surface area (Å²) in [4.78, 5) is 0. The van der Waals surface area contributed by atoms with Crippen molar-refractivity contribution in [3.05, 3.63) is 17.5 Å². The van der Waals surface area contributed by atoms with Gasteiger partial charge in [-0.25, -0.2) is 0 Å². The van der Waals surface area contributed by atoms with Gasteiger partial charge in [-0.1, -0.05) is 0 Å². The van der Waals surface area contributed by atoms with Crippen molar-refractivity contribution in [2.24, 2.45) is 7.05 Å². The first-order valence-electron chi connectivity index (χ1n) is 4.12. The number of hydrogen-bond acceptors (Lipinski definition) is 3. The summed E-state index contributed by atoms with van der Waals surface area (Å²) >= 11 is 0. The maximum atomic E-state index is 12.2. The molecule has 0 saturated heterocycles. The Morgan fingerprint density at radius 1 is 1.44 bits per heavy atom. The van der Waals surface area contributed by atoms with E-state index in [9.17, 15) is 25.5 Å². The molecule has 0 bridgehead atoms. The molecule has 0 spiro atoms. The van der Waals surface area contributed by atoms with E-state index in [-0.39, 0.29) is 12.1 Å². The summed E-state index contributed by atoms with van der Waals surface area (Å²) in [6.07, 6.45) is -4.94. The van der Waals surface area contributed by atoms with Gasteiger partial charge in [-0.3, -0.25) is 4.68 Å². The van der Waals surface area contributed by atoms with Crippen molar-refractivity contribution >= 4 is 10.2 Å². The highest BCUT2D eigenvalue weighted by atomic mass is 32.3. The van der Waals surface area contributed by atoms with E-state index >= 15 is 0 Å². The second kappa shape index (κ2) is 4.04. The molecule has 0 N–H and O–H groups in total. The number of rotatable bonds is 3. The topological polar surface area (TPSA) is 52.0 Å². The van der Waals surface area contributed by atoms with Gasteiger partial charge in [0.05, 0.1) is 5.75 Å². The molecule has 0 unspecified atom stereocenters. The van der Waals surface area contributed by atoms with Gasteiger partial charge >= 0.3 is 16.4 Å². The third-order valence-electron chi connectivity index (χ3n) is 1.87. The Labute approximate surface area is 89.1 Å².